The van der Waals surface area contributed by atoms with E-state index in [1.807, 2.05) is 19.1 Å². The number of aryl methyl sites for hydroxylation is 1. The molecule has 1 aromatic carbocycles. The van der Waals surface area contributed by atoms with Crippen molar-refractivity contribution in [2.45, 2.75) is 19.4 Å². The summed E-state index contributed by atoms with van der Waals surface area (Å²) in [5, 5.41) is 12.1. The van der Waals surface area contributed by atoms with Crippen LogP contribution in [0.2, 0.25) is 0 Å². The summed E-state index contributed by atoms with van der Waals surface area (Å²) in [7, 11) is 1.69. The molecule has 0 spiro atoms. The van der Waals surface area contributed by atoms with E-state index in [0.717, 1.165) is 28.7 Å². The largest absolute Gasteiger partial charge is 0.497 e. The lowest BCUT2D eigenvalue weighted by molar-refractivity contribution is 0.414. The normalized spacial score (nSPS) is 17.2. The highest BCUT2D eigenvalue weighted by Gasteiger charge is 2.31. The second-order valence-corrected chi connectivity index (χ2v) is 7.42. The van der Waals surface area contributed by atoms with Crippen LogP contribution in [0, 0.1) is 6.92 Å². The highest BCUT2D eigenvalue weighted by molar-refractivity contribution is 7.13. The number of benzene rings is 1. The van der Waals surface area contributed by atoms with Crippen molar-refractivity contribution >= 4 is 33.5 Å². The Morgan fingerprint density at radius 3 is 2.62 bits per heavy atom. The van der Waals surface area contributed by atoms with Crippen LogP contribution in [0.1, 0.15) is 28.6 Å². The Hall–Kier alpha value is -2.18. The van der Waals surface area contributed by atoms with Crippen LogP contribution in [-0.4, -0.2) is 17.8 Å². The Kier molecular flexibility index (Phi) is 4.08. The first-order valence-corrected chi connectivity index (χ1v) is 9.47. The van der Waals surface area contributed by atoms with Gasteiger partial charge in [-0.2, -0.15) is 5.10 Å². The lowest BCUT2D eigenvalue weighted by atomic mass is 10.0. The van der Waals surface area contributed by atoms with Crippen molar-refractivity contribution in [1.29, 1.82) is 0 Å². The number of hydrazone groups is 1. The predicted octanol–water partition coefficient (Wildman–Crippen LogP) is 4.88. The zero-order chi connectivity index (χ0) is 16.5. The van der Waals surface area contributed by atoms with E-state index in [4.69, 9.17) is 9.84 Å². The summed E-state index contributed by atoms with van der Waals surface area (Å²) in [5.74, 6) is 0.868. The molecule has 0 fully saturated rings. The molecular formula is C18H17N3OS2. The number of anilines is 1. The standard InChI is InChI=1S/C18H17N3OS2/c1-12-11-24-18(19-12)21-16(13-5-7-14(22-2)8-6-13)10-15(20-21)17-4-3-9-23-17/h3-9,11,16H,10H2,1-2H3/t16-/m0/s1. The zero-order valence-corrected chi connectivity index (χ0v) is 15.1. The van der Waals surface area contributed by atoms with Gasteiger partial charge in [0.15, 0.2) is 0 Å². The lowest BCUT2D eigenvalue weighted by Crippen LogP contribution is -2.18. The minimum Gasteiger partial charge on any atom is -0.497 e. The van der Waals surface area contributed by atoms with Crippen molar-refractivity contribution < 1.29 is 4.74 Å². The van der Waals surface area contributed by atoms with Gasteiger partial charge in [-0.1, -0.05) is 18.2 Å². The maximum Gasteiger partial charge on any atom is 0.206 e. The highest BCUT2D eigenvalue weighted by Crippen LogP contribution is 2.38. The lowest BCUT2D eigenvalue weighted by Gasteiger charge is -2.21. The first-order chi connectivity index (χ1) is 11.7. The molecule has 122 valence electrons. The Morgan fingerprint density at radius 1 is 1.17 bits per heavy atom. The van der Waals surface area contributed by atoms with E-state index in [1.165, 1.54) is 10.4 Å². The summed E-state index contributed by atoms with van der Waals surface area (Å²) in [6, 6.07) is 12.6. The summed E-state index contributed by atoms with van der Waals surface area (Å²) in [6.45, 7) is 2.02. The number of rotatable bonds is 4. The Morgan fingerprint density at radius 2 is 2.00 bits per heavy atom. The molecule has 24 heavy (non-hydrogen) atoms. The molecule has 0 aliphatic carbocycles. The number of ether oxygens (including phenoxy) is 1. The fourth-order valence-electron chi connectivity index (χ4n) is 2.81. The third kappa shape index (κ3) is 2.83. The van der Waals surface area contributed by atoms with E-state index in [1.54, 1.807) is 29.8 Å². The highest BCUT2D eigenvalue weighted by atomic mass is 32.1. The van der Waals surface area contributed by atoms with Crippen LogP contribution < -0.4 is 9.75 Å². The third-order valence-corrected chi connectivity index (χ3v) is 5.89. The predicted molar refractivity (Wildman–Crippen MR) is 101 cm³/mol. The van der Waals surface area contributed by atoms with E-state index >= 15 is 0 Å². The molecule has 4 nitrogen and oxygen atoms in total. The molecule has 0 N–H and O–H groups in total. The quantitative estimate of drug-likeness (QED) is 0.669. The van der Waals surface area contributed by atoms with E-state index in [9.17, 15) is 0 Å². The Labute approximate surface area is 149 Å². The van der Waals surface area contributed by atoms with E-state index in [0.29, 0.717) is 0 Å². The van der Waals surface area contributed by atoms with Gasteiger partial charge in [0.1, 0.15) is 5.75 Å². The molecule has 3 heterocycles. The number of aromatic nitrogens is 1. The summed E-state index contributed by atoms with van der Waals surface area (Å²) >= 11 is 3.37. The smallest absolute Gasteiger partial charge is 0.206 e. The van der Waals surface area contributed by atoms with Crippen molar-refractivity contribution in [3.8, 4) is 5.75 Å². The van der Waals surface area contributed by atoms with E-state index in [-0.39, 0.29) is 6.04 Å². The fraction of sp³-hybridized carbons (Fsp3) is 0.222. The Bertz CT molecular complexity index is 853. The SMILES string of the molecule is COc1ccc([C@@H]2CC(c3cccs3)=NN2c2nc(C)cs2)cc1. The average molecular weight is 355 g/mol. The molecule has 0 saturated carbocycles. The number of thiophene rings is 1. The van der Waals surface area contributed by atoms with Crippen LogP contribution in [0.4, 0.5) is 5.13 Å². The topological polar surface area (TPSA) is 37.7 Å². The monoisotopic (exact) mass is 355 g/mol. The molecule has 6 heteroatoms. The number of nitrogens with zero attached hydrogens (tertiary/aromatic N) is 3. The first kappa shape index (κ1) is 15.4. The second-order valence-electron chi connectivity index (χ2n) is 5.63. The second kappa shape index (κ2) is 6.37. The molecule has 3 aromatic rings. The number of methoxy groups -OCH3 is 1. The van der Waals surface area contributed by atoms with Gasteiger partial charge in [0.05, 0.1) is 29.4 Å². The van der Waals surface area contributed by atoms with Crippen LogP contribution in [0.5, 0.6) is 5.75 Å². The molecule has 0 amide bonds. The first-order valence-electron chi connectivity index (χ1n) is 7.71. The molecule has 2 aromatic heterocycles. The van der Waals surface area contributed by atoms with Crippen LogP contribution in [-0.2, 0) is 0 Å². The van der Waals surface area contributed by atoms with Crippen molar-refractivity contribution in [3.63, 3.8) is 0 Å². The Balaban J connectivity index is 1.71. The molecule has 0 bridgehead atoms. The summed E-state index contributed by atoms with van der Waals surface area (Å²) in [5.41, 5.74) is 3.38. The zero-order valence-electron chi connectivity index (χ0n) is 13.5. The van der Waals surface area contributed by atoms with Gasteiger partial charge in [-0.3, -0.25) is 0 Å². The van der Waals surface area contributed by atoms with E-state index in [2.05, 4.69) is 45.0 Å². The number of hydrogen-bond acceptors (Lipinski definition) is 6. The van der Waals surface area contributed by atoms with Crippen LogP contribution in [0.3, 0.4) is 0 Å². The minimum atomic E-state index is 0.165. The van der Waals surface area contributed by atoms with Crippen LogP contribution >= 0.6 is 22.7 Å². The fourth-order valence-corrected chi connectivity index (χ4v) is 4.33. The van der Waals surface area contributed by atoms with Gasteiger partial charge >= 0.3 is 0 Å². The molecule has 0 saturated heterocycles. The van der Waals surface area contributed by atoms with Gasteiger partial charge in [0, 0.05) is 11.8 Å². The summed E-state index contributed by atoms with van der Waals surface area (Å²) in [4.78, 5) is 5.86. The van der Waals surface area contributed by atoms with Crippen molar-refractivity contribution in [1.82, 2.24) is 4.98 Å². The summed E-state index contributed by atoms with van der Waals surface area (Å²) in [6.07, 6.45) is 0.880. The van der Waals surface area contributed by atoms with Crippen molar-refractivity contribution in [3.05, 3.63) is 63.3 Å². The van der Waals surface area contributed by atoms with E-state index < -0.39 is 0 Å². The van der Waals surface area contributed by atoms with Crippen molar-refractivity contribution in [2.75, 3.05) is 12.1 Å². The minimum absolute atomic E-state index is 0.165. The van der Waals surface area contributed by atoms with Crippen molar-refractivity contribution in [2.24, 2.45) is 5.10 Å². The van der Waals surface area contributed by atoms with Gasteiger partial charge in [-0.25, -0.2) is 9.99 Å². The molecule has 4 rings (SSSR count). The molecule has 1 aliphatic heterocycles. The maximum absolute atomic E-state index is 5.28. The van der Waals surface area contributed by atoms with Crippen LogP contribution in [0.15, 0.2) is 52.3 Å². The third-order valence-electron chi connectivity index (χ3n) is 4.02. The maximum atomic E-state index is 5.28. The molecule has 1 aliphatic rings. The molecule has 1 atom stereocenters. The van der Waals surface area contributed by atoms with Gasteiger partial charge in [0.2, 0.25) is 5.13 Å². The number of hydrogen-bond donors (Lipinski definition) is 0. The molecule has 0 unspecified atom stereocenters. The van der Waals surface area contributed by atoms with Gasteiger partial charge in [0.25, 0.3) is 0 Å². The van der Waals surface area contributed by atoms with Gasteiger partial charge in [-0.05, 0) is 36.1 Å². The summed E-state index contributed by atoms with van der Waals surface area (Å²) < 4.78 is 5.28. The molecule has 0 radical (unpaired) electrons. The molecular weight excluding hydrogens is 338 g/mol. The van der Waals surface area contributed by atoms with Crippen LogP contribution in [0.25, 0.3) is 0 Å². The van der Waals surface area contributed by atoms with Gasteiger partial charge in [-0.15, -0.1) is 22.7 Å². The average Bonchev–Trinajstić information content (AvgIpc) is 3.34. The number of thiazole rings is 1. The van der Waals surface area contributed by atoms with Gasteiger partial charge < -0.3 is 4.74 Å².